The molecule has 1 N–H and O–H groups in total. The smallest absolute Gasteiger partial charge is 0.194 e. The second-order valence-corrected chi connectivity index (χ2v) is 7.08. The molecule has 0 radical (unpaired) electrons. The number of hydrogen-bond donors (Lipinski definition) is 1. The van der Waals surface area contributed by atoms with Crippen molar-refractivity contribution < 1.29 is 9.47 Å². The van der Waals surface area contributed by atoms with Crippen LogP contribution in [0.25, 0.3) is 0 Å². The van der Waals surface area contributed by atoms with Crippen LogP contribution in [0.4, 0.5) is 0 Å². The van der Waals surface area contributed by atoms with E-state index in [-0.39, 0.29) is 11.0 Å². The molecule has 23 heavy (non-hydrogen) atoms. The van der Waals surface area contributed by atoms with Crippen LogP contribution in [-0.2, 0) is 6.54 Å². The molecule has 0 aliphatic carbocycles. The fourth-order valence-corrected chi connectivity index (χ4v) is 2.96. The van der Waals surface area contributed by atoms with Crippen LogP contribution in [0.3, 0.4) is 0 Å². The second-order valence-electron chi connectivity index (χ2n) is 7.08. The summed E-state index contributed by atoms with van der Waals surface area (Å²) in [6.45, 7) is 10.7. The maximum absolute atomic E-state index is 5.49. The van der Waals surface area contributed by atoms with E-state index in [1.54, 1.807) is 14.2 Å². The van der Waals surface area contributed by atoms with Crippen molar-refractivity contribution in [2.45, 2.75) is 39.8 Å². The van der Waals surface area contributed by atoms with E-state index < -0.39 is 0 Å². The van der Waals surface area contributed by atoms with Gasteiger partial charge in [0.1, 0.15) is 0 Å². The minimum absolute atomic E-state index is 0.0767. The van der Waals surface area contributed by atoms with Gasteiger partial charge in [0.25, 0.3) is 0 Å². The fourth-order valence-electron chi connectivity index (χ4n) is 2.96. The number of nitrogens with zero attached hydrogens (tertiary/aromatic N) is 2. The molecule has 0 aromatic heterocycles. The van der Waals surface area contributed by atoms with Crippen molar-refractivity contribution in [2.75, 3.05) is 27.8 Å². The van der Waals surface area contributed by atoms with Gasteiger partial charge >= 0.3 is 0 Å². The first-order chi connectivity index (χ1) is 10.8. The van der Waals surface area contributed by atoms with E-state index in [1.807, 2.05) is 25.2 Å². The number of methoxy groups -OCH3 is 2. The summed E-state index contributed by atoms with van der Waals surface area (Å²) in [5.74, 6) is 2.42. The maximum atomic E-state index is 5.49. The molecule has 0 spiro atoms. The number of ether oxygens (including phenoxy) is 2. The monoisotopic (exact) mass is 319 g/mol. The van der Waals surface area contributed by atoms with Gasteiger partial charge in [0.05, 0.1) is 14.2 Å². The van der Waals surface area contributed by atoms with Gasteiger partial charge in [-0.15, -0.1) is 0 Å². The number of benzene rings is 1. The Morgan fingerprint density at radius 1 is 1.22 bits per heavy atom. The van der Waals surface area contributed by atoms with Crippen LogP contribution < -0.4 is 14.8 Å². The Hall–Kier alpha value is -1.91. The molecule has 0 atom stereocenters. The largest absolute Gasteiger partial charge is 0.493 e. The van der Waals surface area contributed by atoms with Crippen molar-refractivity contribution in [3.63, 3.8) is 0 Å². The molecule has 5 heteroatoms. The summed E-state index contributed by atoms with van der Waals surface area (Å²) < 4.78 is 10.8. The standard InChI is InChI=1S/C18H29N3O2/c1-17(2)12-21(18(17,3)4)16(19-5)20-11-13-9-8-10-14(22-6)15(13)23-7/h8-10H,11-12H2,1-7H3,(H,19,20). The summed E-state index contributed by atoms with van der Waals surface area (Å²) in [6.07, 6.45) is 0. The van der Waals surface area contributed by atoms with E-state index in [9.17, 15) is 0 Å². The van der Waals surface area contributed by atoms with Crippen molar-refractivity contribution in [1.82, 2.24) is 10.2 Å². The Labute approximate surface area is 139 Å². The fraction of sp³-hybridized carbons (Fsp3) is 0.611. The highest BCUT2D eigenvalue weighted by molar-refractivity contribution is 5.82. The van der Waals surface area contributed by atoms with Crippen molar-refractivity contribution in [3.05, 3.63) is 23.8 Å². The second kappa shape index (κ2) is 6.30. The minimum Gasteiger partial charge on any atom is -0.493 e. The molecule has 0 unspecified atom stereocenters. The SMILES string of the molecule is CN=C(NCc1cccc(OC)c1OC)N1CC(C)(C)C1(C)C. The van der Waals surface area contributed by atoms with Gasteiger partial charge in [-0.05, 0) is 19.9 Å². The summed E-state index contributed by atoms with van der Waals surface area (Å²) in [5, 5.41) is 3.45. The Kier molecular flexibility index (Phi) is 4.78. The van der Waals surface area contributed by atoms with Gasteiger partial charge in [0.2, 0.25) is 0 Å². The van der Waals surface area contributed by atoms with Crippen molar-refractivity contribution in [2.24, 2.45) is 10.4 Å². The molecule has 1 aromatic rings. The average Bonchev–Trinajstić information content (AvgIpc) is 2.53. The first-order valence-electron chi connectivity index (χ1n) is 7.96. The predicted molar refractivity (Wildman–Crippen MR) is 94.3 cm³/mol. The predicted octanol–water partition coefficient (Wildman–Crippen LogP) is 2.90. The lowest BCUT2D eigenvalue weighted by molar-refractivity contribution is -0.0668. The highest BCUT2D eigenvalue weighted by atomic mass is 16.5. The van der Waals surface area contributed by atoms with Gasteiger partial charge in [-0.3, -0.25) is 4.99 Å². The quantitative estimate of drug-likeness (QED) is 0.685. The molecule has 1 heterocycles. The van der Waals surface area contributed by atoms with Crippen molar-refractivity contribution >= 4 is 5.96 Å². The third-order valence-electron chi connectivity index (χ3n) is 5.27. The summed E-state index contributed by atoms with van der Waals surface area (Å²) in [4.78, 5) is 6.76. The Morgan fingerprint density at radius 2 is 1.91 bits per heavy atom. The van der Waals surface area contributed by atoms with Crippen LogP contribution in [-0.4, -0.2) is 44.2 Å². The number of para-hydroxylation sites is 1. The topological polar surface area (TPSA) is 46.1 Å². The van der Waals surface area contributed by atoms with E-state index in [2.05, 4.69) is 42.9 Å². The molecule has 0 bridgehead atoms. The number of hydrogen-bond acceptors (Lipinski definition) is 3. The van der Waals surface area contributed by atoms with Crippen LogP contribution in [0.1, 0.15) is 33.3 Å². The van der Waals surface area contributed by atoms with E-state index in [0.717, 1.165) is 29.6 Å². The number of aliphatic imine (C=N–C) groups is 1. The van der Waals surface area contributed by atoms with Crippen LogP contribution in [0, 0.1) is 5.41 Å². The lowest BCUT2D eigenvalue weighted by Gasteiger charge is -2.62. The minimum atomic E-state index is 0.0767. The summed E-state index contributed by atoms with van der Waals surface area (Å²) in [6, 6.07) is 5.91. The lowest BCUT2D eigenvalue weighted by Crippen LogP contribution is -2.72. The normalized spacial score (nSPS) is 19.1. The van der Waals surface area contributed by atoms with Crippen LogP contribution >= 0.6 is 0 Å². The molecule has 1 aliphatic rings. The van der Waals surface area contributed by atoms with E-state index in [4.69, 9.17) is 9.47 Å². The lowest BCUT2D eigenvalue weighted by atomic mass is 9.65. The molecule has 1 saturated heterocycles. The van der Waals surface area contributed by atoms with Crippen LogP contribution in [0.2, 0.25) is 0 Å². The molecular weight excluding hydrogens is 290 g/mol. The summed E-state index contributed by atoms with van der Waals surface area (Å²) in [5.41, 5.74) is 1.40. The number of nitrogens with one attached hydrogen (secondary N) is 1. The van der Waals surface area contributed by atoms with Crippen LogP contribution in [0.15, 0.2) is 23.2 Å². The molecule has 0 amide bonds. The zero-order valence-electron chi connectivity index (χ0n) is 15.4. The van der Waals surface area contributed by atoms with Crippen molar-refractivity contribution in [1.29, 1.82) is 0 Å². The molecule has 1 aliphatic heterocycles. The summed E-state index contributed by atoms with van der Waals surface area (Å²) >= 11 is 0. The zero-order chi connectivity index (χ0) is 17.3. The van der Waals surface area contributed by atoms with E-state index >= 15 is 0 Å². The Bertz CT molecular complexity index is 594. The van der Waals surface area contributed by atoms with Gasteiger partial charge in [-0.25, -0.2) is 0 Å². The third-order valence-corrected chi connectivity index (χ3v) is 5.27. The number of guanidine groups is 1. The molecule has 1 fully saturated rings. The van der Waals surface area contributed by atoms with Gasteiger partial charge in [-0.1, -0.05) is 26.0 Å². The highest BCUT2D eigenvalue weighted by Gasteiger charge is 2.53. The zero-order valence-corrected chi connectivity index (χ0v) is 15.4. The van der Waals surface area contributed by atoms with Crippen molar-refractivity contribution in [3.8, 4) is 11.5 Å². The Balaban J connectivity index is 2.12. The van der Waals surface area contributed by atoms with Gasteiger partial charge in [-0.2, -0.15) is 0 Å². The first kappa shape index (κ1) is 17.4. The van der Waals surface area contributed by atoms with Crippen LogP contribution in [0.5, 0.6) is 11.5 Å². The van der Waals surface area contributed by atoms with Gasteiger partial charge in [0, 0.05) is 36.7 Å². The first-order valence-corrected chi connectivity index (χ1v) is 7.96. The summed E-state index contributed by atoms with van der Waals surface area (Å²) in [7, 11) is 5.14. The third kappa shape index (κ3) is 2.96. The molecule has 128 valence electrons. The van der Waals surface area contributed by atoms with Gasteiger partial charge in [0.15, 0.2) is 17.5 Å². The molecular formula is C18H29N3O2. The number of rotatable bonds is 4. The van der Waals surface area contributed by atoms with E-state index in [1.165, 1.54) is 0 Å². The highest BCUT2D eigenvalue weighted by Crippen LogP contribution is 2.46. The number of likely N-dealkylation sites (tertiary alicyclic amines) is 1. The maximum Gasteiger partial charge on any atom is 0.194 e. The molecule has 2 rings (SSSR count). The molecule has 5 nitrogen and oxygen atoms in total. The molecule has 1 aromatic carbocycles. The molecule has 0 saturated carbocycles. The Morgan fingerprint density at radius 3 is 2.39 bits per heavy atom. The van der Waals surface area contributed by atoms with E-state index in [0.29, 0.717) is 6.54 Å². The average molecular weight is 319 g/mol. The van der Waals surface area contributed by atoms with Gasteiger partial charge < -0.3 is 19.7 Å².